The Bertz CT molecular complexity index is 0. The average molecular weight is 200 g/mol. The summed E-state index contributed by atoms with van der Waals surface area (Å²) in [6, 6.07) is 0. The summed E-state index contributed by atoms with van der Waals surface area (Å²) in [6.07, 6.45) is 0. The van der Waals surface area contributed by atoms with Gasteiger partial charge in [0, 0.05) is 189 Å². The molecule has 0 heterocycles. The maximum Gasteiger partial charge on any atom is 0 e. The second kappa shape index (κ2) is 22.4. The first kappa shape index (κ1) is 30.2. The fraction of sp³-hybridized carbons (Fsp3) is 0. The normalized spacial score (nSPS) is 0. The molecule has 0 aliphatic carbocycles. The van der Waals surface area contributed by atoms with Gasteiger partial charge in [-0.15, -0.1) is 0 Å². The minimum Gasteiger partial charge on any atom is 0 e. The van der Waals surface area contributed by atoms with Crippen molar-refractivity contribution in [3.8, 4) is 0 Å². The Balaban J connectivity index is 0. The van der Waals surface area contributed by atoms with E-state index >= 15 is 0 Å². The van der Waals surface area contributed by atoms with Gasteiger partial charge in [0.25, 0.3) is 0 Å². The van der Waals surface area contributed by atoms with Gasteiger partial charge in [-0.3, -0.25) is 0 Å². The van der Waals surface area contributed by atoms with Gasteiger partial charge >= 0.3 is 0 Å². The summed E-state index contributed by atoms with van der Waals surface area (Å²) >= 11 is 0. The Labute approximate surface area is 182 Å². The topological polar surface area (TPSA) is 0 Å². The Morgan fingerprint density at radius 3 is 0.200 bits per heavy atom. The molecule has 0 aromatic heterocycles. The van der Waals surface area contributed by atoms with Crippen molar-refractivity contribution in [1.29, 1.82) is 0 Å². The monoisotopic (exact) mass is 200 g/mol. The summed E-state index contributed by atoms with van der Waals surface area (Å²) in [6.45, 7) is 0. The third-order valence-corrected chi connectivity index (χ3v) is 0. The van der Waals surface area contributed by atoms with Crippen molar-refractivity contribution in [1.82, 2.24) is 0 Å². The molecule has 0 amide bonds. The van der Waals surface area contributed by atoms with E-state index in [1.165, 1.54) is 0 Å². The van der Waals surface area contributed by atoms with Gasteiger partial charge in [0.1, 0.15) is 0 Å². The van der Waals surface area contributed by atoms with Crippen LogP contribution in [-0.2, 0) is 0 Å². The van der Waals surface area contributed by atoms with Crippen molar-refractivity contribution in [3.05, 3.63) is 0 Å². The molecule has 5 heavy (non-hydrogen) atoms. The van der Waals surface area contributed by atoms with E-state index in [0.29, 0.717) is 0 Å². The summed E-state index contributed by atoms with van der Waals surface area (Å²) in [5.74, 6) is 0. The molecule has 0 atom stereocenters. The minimum atomic E-state index is 0. The van der Waals surface area contributed by atoms with Crippen molar-refractivity contribution in [2.24, 2.45) is 0 Å². The second-order valence-electron chi connectivity index (χ2n) is 0. The van der Waals surface area contributed by atoms with Crippen LogP contribution in [0.2, 0.25) is 0 Å². The summed E-state index contributed by atoms with van der Waals surface area (Å²) in [5, 5.41) is 0. The van der Waals surface area contributed by atoms with Gasteiger partial charge in [0.05, 0.1) is 0 Å². The van der Waals surface area contributed by atoms with E-state index in [0.717, 1.165) is 0 Å². The summed E-state index contributed by atoms with van der Waals surface area (Å²) < 4.78 is 0. The van der Waals surface area contributed by atoms with Crippen molar-refractivity contribution in [2.45, 2.75) is 0 Å². The third-order valence-electron chi connectivity index (χ3n) is 0. The van der Waals surface area contributed by atoms with Gasteiger partial charge < -0.3 is 0 Å². The molecular weight excluding hydrogens is 200 g/mol. The molecule has 0 saturated heterocycles. The van der Waals surface area contributed by atoms with Crippen LogP contribution < -0.4 is 0 Å². The second-order valence-corrected chi connectivity index (χ2v) is 0. The van der Waals surface area contributed by atoms with Gasteiger partial charge in [-0.1, -0.05) is 0 Å². The Hall–Kier alpha value is 6.30. The van der Waals surface area contributed by atoms with E-state index in [-0.39, 0.29) is 189 Å². The molecule has 40 valence electrons. The fourth-order valence-corrected chi connectivity index (χ4v) is 0. The zero-order chi connectivity index (χ0) is 0. The molecule has 0 spiro atoms. The standard InChI is InChI=1S/5Ar. The first-order valence-corrected chi connectivity index (χ1v) is 0. The van der Waals surface area contributed by atoms with Gasteiger partial charge in [-0.25, -0.2) is 0 Å². The van der Waals surface area contributed by atoms with E-state index < -0.39 is 0 Å². The fourth-order valence-electron chi connectivity index (χ4n) is 0. The van der Waals surface area contributed by atoms with Gasteiger partial charge in [0.2, 0.25) is 0 Å². The Kier molecular flexibility index (Phi) is 136. The zero-order valence-corrected chi connectivity index (χ0v) is 5.30. The van der Waals surface area contributed by atoms with Crippen LogP contribution in [-0.4, -0.2) is 0 Å². The summed E-state index contributed by atoms with van der Waals surface area (Å²) in [5.41, 5.74) is 0. The molecule has 0 N–H and O–H groups in total. The van der Waals surface area contributed by atoms with E-state index in [1.807, 2.05) is 0 Å². The summed E-state index contributed by atoms with van der Waals surface area (Å²) in [7, 11) is 0. The molecule has 0 aliphatic rings. The first-order chi connectivity index (χ1) is 0. The predicted molar refractivity (Wildman–Crippen MR) is 0 cm³/mol. The van der Waals surface area contributed by atoms with Crippen LogP contribution >= 0.6 is 0 Å². The third kappa shape index (κ3) is 17.9. The first-order valence-electron chi connectivity index (χ1n) is 0. The maximum absolute atomic E-state index is 0. The van der Waals surface area contributed by atoms with Crippen molar-refractivity contribution >= 4 is 0 Å². The Morgan fingerprint density at radius 2 is 0.200 bits per heavy atom. The van der Waals surface area contributed by atoms with Crippen LogP contribution in [0.25, 0.3) is 0 Å². The van der Waals surface area contributed by atoms with E-state index in [9.17, 15) is 0 Å². The molecular formula is Ar5. The van der Waals surface area contributed by atoms with Gasteiger partial charge in [-0.05, 0) is 0 Å². The van der Waals surface area contributed by atoms with E-state index in [1.54, 1.807) is 0 Å². The number of hydrogen-bond donors (Lipinski definition) is 0. The van der Waals surface area contributed by atoms with Crippen LogP contribution in [0.5, 0.6) is 0 Å². The molecule has 0 aromatic carbocycles. The maximum atomic E-state index is 0. The molecule has 0 unspecified atom stereocenters. The molecule has 0 rings (SSSR count). The van der Waals surface area contributed by atoms with E-state index in [4.69, 9.17) is 0 Å². The van der Waals surface area contributed by atoms with E-state index in [2.05, 4.69) is 0 Å². The van der Waals surface area contributed by atoms with Crippen LogP contribution in [0.15, 0.2) is 0 Å². The zero-order valence-electron chi connectivity index (χ0n) is 1.77. The van der Waals surface area contributed by atoms with Crippen molar-refractivity contribution < 1.29 is 189 Å². The van der Waals surface area contributed by atoms with Crippen molar-refractivity contribution in [2.75, 3.05) is 0 Å². The SMILES string of the molecule is [Ar].[Ar].[Ar].[Ar].[Ar]. The molecule has 0 fully saturated rings. The number of hydrogen-bond acceptors (Lipinski definition) is 0. The van der Waals surface area contributed by atoms with Gasteiger partial charge in [-0.2, -0.15) is 0 Å². The molecule has 0 saturated carbocycles. The molecule has 5 heteroatoms. The number of rotatable bonds is 0. The van der Waals surface area contributed by atoms with Crippen LogP contribution in [0.3, 0.4) is 0 Å². The quantitative estimate of drug-likeness (QED) is 0.516. The smallest absolute Gasteiger partial charge is 0 e. The molecule has 0 aliphatic heterocycles. The molecule has 0 nitrogen and oxygen atoms in total. The molecule has 0 radical (unpaired) electrons. The van der Waals surface area contributed by atoms with Crippen molar-refractivity contribution in [3.63, 3.8) is 0 Å². The largest absolute Gasteiger partial charge is 0 e. The Morgan fingerprint density at radius 1 is 0.200 bits per heavy atom. The molecule has 0 aromatic rings. The molecule has 0 bridgehead atoms. The predicted octanol–water partition coefficient (Wildman–Crippen LogP) is 0. The van der Waals surface area contributed by atoms with Crippen LogP contribution in [0.1, 0.15) is 0 Å². The average Bonchev–Trinajstić information content (AvgIpc) is 0. The minimum absolute atomic E-state index is 0. The van der Waals surface area contributed by atoms with Gasteiger partial charge in [0.15, 0.2) is 0 Å². The van der Waals surface area contributed by atoms with Crippen LogP contribution in [0, 0.1) is 189 Å². The summed E-state index contributed by atoms with van der Waals surface area (Å²) in [4.78, 5) is 0. The van der Waals surface area contributed by atoms with Crippen LogP contribution in [0.4, 0.5) is 0 Å².